The van der Waals surface area contributed by atoms with Crippen LogP contribution in [-0.2, 0) is 14.4 Å². The molecule has 0 spiro atoms. The highest BCUT2D eigenvalue weighted by Gasteiger charge is 2.20. The maximum Gasteiger partial charge on any atom is 0.326 e. The van der Waals surface area contributed by atoms with Gasteiger partial charge in [-0.2, -0.15) is 0 Å². The van der Waals surface area contributed by atoms with Crippen LogP contribution in [0.2, 0.25) is 0 Å². The summed E-state index contributed by atoms with van der Waals surface area (Å²) in [5.74, 6) is -1.96. The summed E-state index contributed by atoms with van der Waals surface area (Å²) in [6.45, 7) is 2.25. The Morgan fingerprint density at radius 1 is 0.724 bits per heavy atom. The van der Waals surface area contributed by atoms with Gasteiger partial charge in [0.2, 0.25) is 11.8 Å². The molecule has 4 N–H and O–H groups in total. The monoisotopic (exact) mass is 412 g/mol. The van der Waals surface area contributed by atoms with Gasteiger partial charge in [0, 0.05) is 12.8 Å². The first-order chi connectivity index (χ1) is 14.0. The molecule has 0 saturated heterocycles. The molecular weight excluding hydrogens is 368 g/mol. The number of carbonyl (C=O) groups is 3. The average molecular weight is 413 g/mol. The number of carboxylic acids is 1. The van der Waals surface area contributed by atoms with Crippen LogP contribution in [0.1, 0.15) is 122 Å². The third-order valence-corrected chi connectivity index (χ3v) is 5.32. The van der Waals surface area contributed by atoms with Gasteiger partial charge in [-0.3, -0.25) is 9.59 Å². The fourth-order valence-electron chi connectivity index (χ4n) is 3.47. The number of aliphatic carboxylic acids is 1. The van der Waals surface area contributed by atoms with Gasteiger partial charge in [-0.25, -0.2) is 4.79 Å². The number of primary amides is 1. The molecular formula is C23H44N2O4. The highest BCUT2D eigenvalue weighted by molar-refractivity contribution is 5.84. The van der Waals surface area contributed by atoms with Crippen molar-refractivity contribution in [2.75, 3.05) is 0 Å². The van der Waals surface area contributed by atoms with Crippen molar-refractivity contribution in [1.29, 1.82) is 0 Å². The lowest BCUT2D eigenvalue weighted by Crippen LogP contribution is -2.41. The Hall–Kier alpha value is -1.59. The SMILES string of the molecule is CCCCCCCCCCCCCCCCCC(=O)NC(CCC(N)=O)C(=O)O. The van der Waals surface area contributed by atoms with Crippen molar-refractivity contribution < 1.29 is 19.5 Å². The maximum absolute atomic E-state index is 11.8. The van der Waals surface area contributed by atoms with Crippen LogP contribution in [0.25, 0.3) is 0 Å². The molecule has 0 saturated carbocycles. The van der Waals surface area contributed by atoms with Gasteiger partial charge in [0.15, 0.2) is 0 Å². The molecule has 0 aliphatic rings. The first-order valence-corrected chi connectivity index (χ1v) is 11.8. The molecule has 170 valence electrons. The zero-order valence-electron chi connectivity index (χ0n) is 18.6. The summed E-state index contributed by atoms with van der Waals surface area (Å²) in [4.78, 5) is 33.7. The molecule has 6 nitrogen and oxygen atoms in total. The lowest BCUT2D eigenvalue weighted by Gasteiger charge is -2.13. The van der Waals surface area contributed by atoms with E-state index in [1.54, 1.807) is 0 Å². The summed E-state index contributed by atoms with van der Waals surface area (Å²) in [5.41, 5.74) is 5.03. The Morgan fingerprint density at radius 2 is 1.14 bits per heavy atom. The molecule has 6 heteroatoms. The van der Waals surface area contributed by atoms with Gasteiger partial charge in [0.05, 0.1) is 0 Å². The van der Waals surface area contributed by atoms with Gasteiger partial charge in [0.25, 0.3) is 0 Å². The molecule has 0 aromatic heterocycles. The standard InChI is InChI=1S/C23H44N2O4/c1-2-3-4-5-6-7-8-9-10-11-12-13-14-15-16-17-22(27)25-20(23(28)29)18-19-21(24)26/h20H,2-19H2,1H3,(H2,24,26)(H,25,27)(H,28,29). The van der Waals surface area contributed by atoms with Gasteiger partial charge in [-0.15, -0.1) is 0 Å². The molecule has 0 fully saturated rings. The van der Waals surface area contributed by atoms with Crippen molar-refractivity contribution >= 4 is 17.8 Å². The van der Waals surface area contributed by atoms with Crippen LogP contribution in [-0.4, -0.2) is 28.9 Å². The van der Waals surface area contributed by atoms with Crippen LogP contribution in [0, 0.1) is 0 Å². The lowest BCUT2D eigenvalue weighted by atomic mass is 10.0. The van der Waals surface area contributed by atoms with Gasteiger partial charge in [-0.05, 0) is 12.8 Å². The summed E-state index contributed by atoms with van der Waals surface area (Å²) in [7, 11) is 0. The summed E-state index contributed by atoms with van der Waals surface area (Å²) in [5, 5.41) is 11.5. The van der Waals surface area contributed by atoms with Crippen molar-refractivity contribution in [3.8, 4) is 0 Å². The summed E-state index contributed by atoms with van der Waals surface area (Å²) in [6.07, 6.45) is 19.3. The first kappa shape index (κ1) is 27.4. The molecule has 0 rings (SSSR count). The Bertz CT molecular complexity index is 441. The van der Waals surface area contributed by atoms with Crippen molar-refractivity contribution in [2.24, 2.45) is 5.73 Å². The minimum atomic E-state index is -1.13. The van der Waals surface area contributed by atoms with Crippen LogP contribution in [0.15, 0.2) is 0 Å². The predicted octanol–water partition coefficient (Wildman–Crippen LogP) is 5.08. The van der Waals surface area contributed by atoms with Gasteiger partial charge in [-0.1, -0.05) is 96.8 Å². The fourth-order valence-corrected chi connectivity index (χ4v) is 3.47. The van der Waals surface area contributed by atoms with E-state index in [1.165, 1.54) is 77.0 Å². The molecule has 0 heterocycles. The van der Waals surface area contributed by atoms with E-state index >= 15 is 0 Å². The van der Waals surface area contributed by atoms with Crippen molar-refractivity contribution in [1.82, 2.24) is 5.32 Å². The number of hydrogen-bond acceptors (Lipinski definition) is 3. The zero-order valence-corrected chi connectivity index (χ0v) is 18.6. The second-order valence-corrected chi connectivity index (χ2v) is 8.16. The first-order valence-electron chi connectivity index (χ1n) is 11.8. The summed E-state index contributed by atoms with van der Waals surface area (Å²) >= 11 is 0. The van der Waals surface area contributed by atoms with Crippen LogP contribution in [0.5, 0.6) is 0 Å². The number of nitrogens with two attached hydrogens (primary N) is 1. The summed E-state index contributed by atoms with van der Waals surface area (Å²) < 4.78 is 0. The molecule has 29 heavy (non-hydrogen) atoms. The molecule has 0 aromatic rings. The number of carbonyl (C=O) groups excluding carboxylic acids is 2. The molecule has 0 aromatic carbocycles. The molecule has 1 unspecified atom stereocenters. The molecule has 2 amide bonds. The van der Waals surface area contributed by atoms with Gasteiger partial charge >= 0.3 is 5.97 Å². The zero-order chi connectivity index (χ0) is 21.7. The normalized spacial score (nSPS) is 11.9. The predicted molar refractivity (Wildman–Crippen MR) is 118 cm³/mol. The quantitative estimate of drug-likeness (QED) is 0.228. The van der Waals surface area contributed by atoms with Crippen molar-refractivity contribution in [3.05, 3.63) is 0 Å². The van der Waals surface area contributed by atoms with E-state index in [0.717, 1.165) is 19.3 Å². The largest absolute Gasteiger partial charge is 0.480 e. The number of unbranched alkanes of at least 4 members (excludes halogenated alkanes) is 14. The second kappa shape index (κ2) is 19.7. The number of amides is 2. The Balaban J connectivity index is 3.45. The molecule has 0 aliphatic carbocycles. The number of carboxylic acid groups (broad SMARTS) is 1. The van der Waals surface area contributed by atoms with Gasteiger partial charge in [0.1, 0.15) is 6.04 Å². The van der Waals surface area contributed by atoms with E-state index in [-0.39, 0.29) is 18.7 Å². The topological polar surface area (TPSA) is 109 Å². The van der Waals surface area contributed by atoms with E-state index < -0.39 is 17.9 Å². The molecule has 0 bridgehead atoms. The Kier molecular flexibility index (Phi) is 18.6. The van der Waals surface area contributed by atoms with Crippen LogP contribution in [0.3, 0.4) is 0 Å². The van der Waals surface area contributed by atoms with Crippen LogP contribution in [0.4, 0.5) is 0 Å². The van der Waals surface area contributed by atoms with E-state index in [0.29, 0.717) is 6.42 Å². The maximum atomic E-state index is 11.8. The molecule has 0 radical (unpaired) electrons. The third-order valence-electron chi connectivity index (χ3n) is 5.32. The molecule has 1 atom stereocenters. The van der Waals surface area contributed by atoms with E-state index in [2.05, 4.69) is 12.2 Å². The Labute approximate surface area is 177 Å². The minimum absolute atomic E-state index is 0.0370. The summed E-state index contributed by atoms with van der Waals surface area (Å²) in [6, 6.07) is -1.04. The second-order valence-electron chi connectivity index (χ2n) is 8.16. The van der Waals surface area contributed by atoms with Crippen LogP contribution >= 0.6 is 0 Å². The highest BCUT2D eigenvalue weighted by atomic mass is 16.4. The fraction of sp³-hybridized carbons (Fsp3) is 0.870. The minimum Gasteiger partial charge on any atom is -0.480 e. The number of rotatable bonds is 21. The third kappa shape index (κ3) is 19.5. The van der Waals surface area contributed by atoms with Crippen LogP contribution < -0.4 is 11.1 Å². The lowest BCUT2D eigenvalue weighted by molar-refractivity contribution is -0.142. The van der Waals surface area contributed by atoms with Crippen molar-refractivity contribution in [2.45, 2.75) is 129 Å². The van der Waals surface area contributed by atoms with E-state index in [1.807, 2.05) is 0 Å². The number of hydrogen-bond donors (Lipinski definition) is 3. The number of nitrogens with one attached hydrogen (secondary N) is 1. The average Bonchev–Trinajstić information content (AvgIpc) is 2.67. The van der Waals surface area contributed by atoms with Crippen molar-refractivity contribution in [3.63, 3.8) is 0 Å². The smallest absolute Gasteiger partial charge is 0.326 e. The highest BCUT2D eigenvalue weighted by Crippen LogP contribution is 2.13. The van der Waals surface area contributed by atoms with Gasteiger partial charge < -0.3 is 16.2 Å². The van der Waals surface area contributed by atoms with E-state index in [9.17, 15) is 14.4 Å². The van der Waals surface area contributed by atoms with E-state index in [4.69, 9.17) is 10.8 Å². The Morgan fingerprint density at radius 3 is 1.52 bits per heavy atom. The molecule has 0 aliphatic heterocycles.